The molecule has 0 saturated carbocycles. The summed E-state index contributed by atoms with van der Waals surface area (Å²) in [5, 5.41) is 0. The lowest BCUT2D eigenvalue weighted by Crippen LogP contribution is -2.49. The van der Waals surface area contributed by atoms with Crippen LogP contribution in [-0.4, -0.2) is 38.7 Å². The van der Waals surface area contributed by atoms with E-state index in [0.29, 0.717) is 0 Å². The Morgan fingerprint density at radius 1 is 1.29 bits per heavy atom. The fourth-order valence-corrected chi connectivity index (χ4v) is 3.86. The number of nitrogens with zero attached hydrogens (tertiary/aromatic N) is 1. The van der Waals surface area contributed by atoms with Gasteiger partial charge in [-0.3, -0.25) is 9.59 Å². The quantitative estimate of drug-likeness (QED) is 0.792. The highest BCUT2D eigenvalue weighted by molar-refractivity contribution is 5.94. The smallest absolute Gasteiger partial charge is 0.319 e. The number of ether oxygens (including phenoxy) is 2. The zero-order valence-corrected chi connectivity index (χ0v) is 12.3. The van der Waals surface area contributed by atoms with Gasteiger partial charge in [0.2, 0.25) is 0 Å². The van der Waals surface area contributed by atoms with Crippen LogP contribution in [0.4, 0.5) is 5.69 Å². The third-order valence-corrected chi connectivity index (χ3v) is 4.72. The maximum Gasteiger partial charge on any atom is 0.319 e. The van der Waals surface area contributed by atoms with Gasteiger partial charge in [-0.2, -0.15) is 0 Å². The number of fused-ring (bicyclic) bond motifs is 3. The normalized spacial score (nSPS) is 26.2. The summed E-state index contributed by atoms with van der Waals surface area (Å²) in [7, 11) is 2.72. The lowest BCUT2D eigenvalue weighted by molar-refractivity contribution is -0.154. The Morgan fingerprint density at radius 3 is 2.76 bits per heavy atom. The summed E-state index contributed by atoms with van der Waals surface area (Å²) in [6, 6.07) is 7.76. The Bertz CT molecular complexity index is 585. The first kappa shape index (κ1) is 13.9. The molecule has 5 nitrogen and oxygen atoms in total. The van der Waals surface area contributed by atoms with E-state index in [0.717, 1.165) is 30.6 Å². The average Bonchev–Trinajstić information content (AvgIpc) is 3.09. The SMILES string of the molecule is COC(=O)C[C@@]1(C(=O)OC)c2ccccc2N2CCC[C@@H]21. The molecule has 1 fully saturated rings. The Labute approximate surface area is 123 Å². The molecule has 0 radical (unpaired) electrons. The first-order chi connectivity index (χ1) is 10.1. The van der Waals surface area contributed by atoms with E-state index >= 15 is 0 Å². The predicted molar refractivity (Wildman–Crippen MR) is 77.1 cm³/mol. The van der Waals surface area contributed by atoms with Gasteiger partial charge in [-0.05, 0) is 24.5 Å². The lowest BCUT2D eigenvalue weighted by Gasteiger charge is -2.32. The largest absolute Gasteiger partial charge is 0.469 e. The van der Waals surface area contributed by atoms with Gasteiger partial charge in [-0.15, -0.1) is 0 Å². The van der Waals surface area contributed by atoms with Crippen LogP contribution < -0.4 is 4.90 Å². The molecular weight excluding hydrogens is 270 g/mol. The monoisotopic (exact) mass is 289 g/mol. The molecule has 0 bridgehead atoms. The fraction of sp³-hybridized carbons (Fsp3) is 0.500. The molecule has 0 amide bonds. The zero-order chi connectivity index (χ0) is 15.0. The maximum atomic E-state index is 12.6. The second-order valence-electron chi connectivity index (χ2n) is 5.58. The van der Waals surface area contributed by atoms with E-state index in [1.165, 1.54) is 14.2 Å². The molecule has 2 heterocycles. The van der Waals surface area contributed by atoms with E-state index in [-0.39, 0.29) is 24.4 Å². The standard InChI is InChI=1S/C16H19NO4/c1-20-14(18)10-16(15(19)21-2)11-6-3-4-7-12(11)17-9-5-8-13(16)17/h3-4,6-7,13H,5,8-10H2,1-2H3/t13-,16-/m1/s1. The minimum absolute atomic E-state index is 0.0222. The van der Waals surface area contributed by atoms with E-state index in [1.54, 1.807) is 0 Å². The van der Waals surface area contributed by atoms with Crippen molar-refractivity contribution < 1.29 is 19.1 Å². The average molecular weight is 289 g/mol. The Morgan fingerprint density at radius 2 is 2.05 bits per heavy atom. The van der Waals surface area contributed by atoms with Crippen molar-refractivity contribution >= 4 is 17.6 Å². The van der Waals surface area contributed by atoms with Crippen molar-refractivity contribution in [3.63, 3.8) is 0 Å². The first-order valence-corrected chi connectivity index (χ1v) is 7.16. The van der Waals surface area contributed by atoms with Crippen LogP contribution in [0.5, 0.6) is 0 Å². The number of hydrogen-bond donors (Lipinski definition) is 0. The summed E-state index contributed by atoms with van der Waals surface area (Å²) in [4.78, 5) is 26.8. The highest BCUT2D eigenvalue weighted by atomic mass is 16.5. The van der Waals surface area contributed by atoms with Crippen LogP contribution in [0.1, 0.15) is 24.8 Å². The minimum Gasteiger partial charge on any atom is -0.469 e. The second-order valence-corrected chi connectivity index (χ2v) is 5.58. The second kappa shape index (κ2) is 5.06. The summed E-state index contributed by atoms with van der Waals surface area (Å²) in [5.74, 6) is -0.737. The Hall–Kier alpha value is -2.04. The maximum absolute atomic E-state index is 12.6. The molecule has 0 spiro atoms. The summed E-state index contributed by atoms with van der Waals surface area (Å²) in [5.41, 5.74) is 0.968. The summed E-state index contributed by atoms with van der Waals surface area (Å²) >= 11 is 0. The molecule has 1 saturated heterocycles. The Kier molecular flexibility index (Phi) is 3.35. The van der Waals surface area contributed by atoms with Gasteiger partial charge in [0, 0.05) is 18.3 Å². The molecule has 1 aromatic carbocycles. The van der Waals surface area contributed by atoms with E-state index in [2.05, 4.69) is 4.90 Å². The van der Waals surface area contributed by atoms with Crippen LogP contribution in [0.3, 0.4) is 0 Å². The molecule has 2 atom stereocenters. The third-order valence-electron chi connectivity index (χ3n) is 4.72. The topological polar surface area (TPSA) is 55.8 Å². The van der Waals surface area contributed by atoms with Crippen LogP contribution in [0, 0.1) is 0 Å². The number of rotatable bonds is 3. The molecule has 2 aliphatic rings. The summed E-state index contributed by atoms with van der Waals surface area (Å²) in [6.07, 6.45) is 1.91. The van der Waals surface area contributed by atoms with Crippen molar-refractivity contribution in [3.8, 4) is 0 Å². The summed E-state index contributed by atoms with van der Waals surface area (Å²) in [6.45, 7) is 0.904. The van der Waals surface area contributed by atoms with Gasteiger partial charge in [-0.25, -0.2) is 0 Å². The molecule has 3 rings (SSSR count). The van der Waals surface area contributed by atoms with E-state index in [4.69, 9.17) is 9.47 Å². The highest BCUT2D eigenvalue weighted by Crippen LogP contribution is 2.52. The van der Waals surface area contributed by atoms with Crippen LogP contribution in [0.2, 0.25) is 0 Å². The van der Waals surface area contributed by atoms with Gasteiger partial charge >= 0.3 is 11.9 Å². The van der Waals surface area contributed by atoms with Gasteiger partial charge in [-0.1, -0.05) is 18.2 Å². The van der Waals surface area contributed by atoms with Crippen LogP contribution in [0.25, 0.3) is 0 Å². The van der Waals surface area contributed by atoms with Crippen molar-refractivity contribution in [2.24, 2.45) is 0 Å². The van der Waals surface area contributed by atoms with Gasteiger partial charge in [0.25, 0.3) is 0 Å². The molecule has 1 aromatic rings. The molecule has 21 heavy (non-hydrogen) atoms. The zero-order valence-electron chi connectivity index (χ0n) is 12.3. The first-order valence-electron chi connectivity index (χ1n) is 7.16. The fourth-order valence-electron chi connectivity index (χ4n) is 3.86. The molecule has 0 aliphatic carbocycles. The van der Waals surface area contributed by atoms with Crippen molar-refractivity contribution in [2.45, 2.75) is 30.7 Å². The van der Waals surface area contributed by atoms with Crippen molar-refractivity contribution in [2.75, 3.05) is 25.7 Å². The molecule has 112 valence electrons. The van der Waals surface area contributed by atoms with E-state index < -0.39 is 5.41 Å². The van der Waals surface area contributed by atoms with E-state index in [9.17, 15) is 9.59 Å². The van der Waals surface area contributed by atoms with Gasteiger partial charge < -0.3 is 14.4 Å². The molecule has 0 unspecified atom stereocenters. The van der Waals surface area contributed by atoms with Crippen LogP contribution in [-0.2, 0) is 24.5 Å². The molecule has 0 N–H and O–H groups in total. The number of anilines is 1. The van der Waals surface area contributed by atoms with Crippen molar-refractivity contribution in [1.29, 1.82) is 0 Å². The van der Waals surface area contributed by atoms with Crippen LogP contribution >= 0.6 is 0 Å². The number of carbonyl (C=O) groups excluding carboxylic acids is 2. The molecule has 0 aromatic heterocycles. The van der Waals surface area contributed by atoms with Gasteiger partial charge in [0.15, 0.2) is 0 Å². The molecule has 2 aliphatic heterocycles. The molecular formula is C16H19NO4. The number of para-hydroxylation sites is 1. The molecule has 5 heteroatoms. The van der Waals surface area contributed by atoms with Crippen molar-refractivity contribution in [1.82, 2.24) is 0 Å². The minimum atomic E-state index is -0.949. The number of esters is 2. The third kappa shape index (κ3) is 1.83. The van der Waals surface area contributed by atoms with Crippen molar-refractivity contribution in [3.05, 3.63) is 29.8 Å². The Balaban J connectivity index is 2.17. The summed E-state index contributed by atoms with van der Waals surface area (Å²) < 4.78 is 9.90. The number of carbonyl (C=O) groups is 2. The van der Waals surface area contributed by atoms with E-state index in [1.807, 2.05) is 24.3 Å². The predicted octanol–water partition coefficient (Wildman–Crippen LogP) is 1.64. The number of methoxy groups -OCH3 is 2. The lowest BCUT2D eigenvalue weighted by atomic mass is 9.73. The van der Waals surface area contributed by atoms with Gasteiger partial charge in [0.05, 0.1) is 20.6 Å². The number of hydrogen-bond acceptors (Lipinski definition) is 5. The number of benzene rings is 1. The highest BCUT2D eigenvalue weighted by Gasteiger charge is 2.59. The van der Waals surface area contributed by atoms with Gasteiger partial charge in [0.1, 0.15) is 5.41 Å². The van der Waals surface area contributed by atoms with Crippen LogP contribution in [0.15, 0.2) is 24.3 Å².